The van der Waals surface area contributed by atoms with Crippen LogP contribution in [0.3, 0.4) is 0 Å². The first-order valence-corrected chi connectivity index (χ1v) is 9.42. The van der Waals surface area contributed by atoms with Crippen LogP contribution in [0.5, 0.6) is 0 Å². The number of rotatable bonds is 6. The van der Waals surface area contributed by atoms with Crippen LogP contribution in [-0.2, 0) is 4.79 Å². The molecule has 1 atom stereocenters. The Morgan fingerprint density at radius 3 is 2.22 bits per heavy atom. The Balaban J connectivity index is 1.87. The number of fused-ring (bicyclic) bond motifs is 1. The Kier molecular flexibility index (Phi) is 5.82. The van der Waals surface area contributed by atoms with Crippen molar-refractivity contribution in [3.05, 3.63) is 63.6 Å². The van der Waals surface area contributed by atoms with Gasteiger partial charge in [-0.25, -0.2) is 0 Å². The summed E-state index contributed by atoms with van der Waals surface area (Å²) in [5, 5.41) is 3.41. The fourth-order valence-electron chi connectivity index (χ4n) is 3.07. The lowest BCUT2D eigenvalue weighted by atomic mass is 10.1. The number of carbonyl (C=O) groups is 3. The first kappa shape index (κ1) is 19.4. The molecule has 1 aliphatic heterocycles. The Morgan fingerprint density at radius 2 is 1.67 bits per heavy atom. The lowest BCUT2D eigenvalue weighted by molar-refractivity contribution is -0.120. The van der Waals surface area contributed by atoms with Crippen LogP contribution in [0.1, 0.15) is 46.9 Å². The molecule has 0 unspecified atom stereocenters. The second-order valence-corrected chi connectivity index (χ2v) is 7.12. The number of unbranched alkanes of at least 4 members (excludes halogenated alkanes) is 1. The van der Waals surface area contributed by atoms with Crippen molar-refractivity contribution in [2.24, 2.45) is 0 Å². The normalized spacial score (nSPS) is 14.3. The molecule has 0 saturated carbocycles. The standard InChI is InChI=1S/C20H18Cl2N2O3/c1-2-3-8-17(18(25)23-12-9-10-15(21)16(22)11-12)24-19(26)13-6-4-5-7-14(13)20(24)27/h4-7,9-11,17H,2-3,8H2,1H3,(H,23,25)/t17-/m1/s1. The summed E-state index contributed by atoms with van der Waals surface area (Å²) < 4.78 is 0. The van der Waals surface area contributed by atoms with Crippen LogP contribution in [0.2, 0.25) is 10.0 Å². The molecule has 0 aromatic heterocycles. The number of nitrogens with zero attached hydrogens (tertiary/aromatic N) is 1. The molecular formula is C20H18Cl2N2O3. The van der Waals surface area contributed by atoms with Gasteiger partial charge in [0.15, 0.2) is 0 Å². The molecule has 0 radical (unpaired) electrons. The summed E-state index contributed by atoms with van der Waals surface area (Å²) in [6.07, 6.45) is 1.92. The minimum absolute atomic E-state index is 0.306. The van der Waals surface area contributed by atoms with Gasteiger partial charge in [-0.3, -0.25) is 19.3 Å². The van der Waals surface area contributed by atoms with E-state index >= 15 is 0 Å². The monoisotopic (exact) mass is 404 g/mol. The Labute approximate surface area is 167 Å². The van der Waals surface area contributed by atoms with Gasteiger partial charge in [-0.15, -0.1) is 0 Å². The van der Waals surface area contributed by atoms with Crippen LogP contribution in [0, 0.1) is 0 Å². The highest BCUT2D eigenvalue weighted by atomic mass is 35.5. The number of benzene rings is 2. The SMILES string of the molecule is CCCC[C@H](C(=O)Nc1ccc(Cl)c(Cl)c1)N1C(=O)c2ccccc2C1=O. The Hall–Kier alpha value is -2.37. The predicted molar refractivity (Wildman–Crippen MR) is 105 cm³/mol. The van der Waals surface area contributed by atoms with Crippen LogP contribution < -0.4 is 5.32 Å². The van der Waals surface area contributed by atoms with E-state index in [1.54, 1.807) is 36.4 Å². The summed E-state index contributed by atoms with van der Waals surface area (Å²) in [5.41, 5.74) is 1.10. The summed E-state index contributed by atoms with van der Waals surface area (Å²) >= 11 is 11.9. The van der Waals surface area contributed by atoms with Gasteiger partial charge in [0.05, 0.1) is 21.2 Å². The quantitative estimate of drug-likeness (QED) is 0.703. The highest BCUT2D eigenvalue weighted by molar-refractivity contribution is 6.42. The molecule has 1 heterocycles. The molecule has 1 aliphatic rings. The van der Waals surface area contributed by atoms with Crippen molar-refractivity contribution >= 4 is 46.6 Å². The number of halogens is 2. The van der Waals surface area contributed by atoms with Crippen molar-refractivity contribution < 1.29 is 14.4 Å². The van der Waals surface area contributed by atoms with E-state index in [0.29, 0.717) is 39.7 Å². The largest absolute Gasteiger partial charge is 0.324 e. The van der Waals surface area contributed by atoms with Crippen molar-refractivity contribution in [1.82, 2.24) is 4.90 Å². The van der Waals surface area contributed by atoms with E-state index < -0.39 is 23.8 Å². The van der Waals surface area contributed by atoms with Crippen molar-refractivity contribution in [2.45, 2.75) is 32.2 Å². The van der Waals surface area contributed by atoms with E-state index in [9.17, 15) is 14.4 Å². The summed E-state index contributed by atoms with van der Waals surface area (Å²) in [6.45, 7) is 1.98. The molecule has 0 bridgehead atoms. The van der Waals surface area contributed by atoms with Gasteiger partial charge < -0.3 is 5.32 Å². The van der Waals surface area contributed by atoms with Gasteiger partial charge in [0.1, 0.15) is 6.04 Å². The van der Waals surface area contributed by atoms with Gasteiger partial charge in [0.2, 0.25) is 5.91 Å². The fourth-order valence-corrected chi connectivity index (χ4v) is 3.36. The van der Waals surface area contributed by atoms with Crippen LogP contribution in [0.15, 0.2) is 42.5 Å². The van der Waals surface area contributed by atoms with Gasteiger partial charge in [-0.1, -0.05) is 55.1 Å². The van der Waals surface area contributed by atoms with Gasteiger partial charge in [0, 0.05) is 5.69 Å². The third kappa shape index (κ3) is 3.84. The third-order valence-corrected chi connectivity index (χ3v) is 5.20. The summed E-state index contributed by atoms with van der Waals surface area (Å²) in [6, 6.07) is 10.4. The van der Waals surface area contributed by atoms with Gasteiger partial charge in [0.25, 0.3) is 11.8 Å². The number of hydrogen-bond acceptors (Lipinski definition) is 3. The maximum atomic E-state index is 12.9. The molecule has 0 saturated heterocycles. The third-order valence-electron chi connectivity index (χ3n) is 4.46. The smallest absolute Gasteiger partial charge is 0.262 e. The second-order valence-electron chi connectivity index (χ2n) is 6.30. The second kappa shape index (κ2) is 8.11. The lowest BCUT2D eigenvalue weighted by Crippen LogP contribution is -2.47. The van der Waals surface area contributed by atoms with Crippen molar-refractivity contribution in [2.75, 3.05) is 5.32 Å². The molecule has 2 aromatic carbocycles. The molecule has 140 valence electrons. The number of imide groups is 1. The van der Waals surface area contributed by atoms with E-state index in [-0.39, 0.29) is 0 Å². The molecule has 3 amide bonds. The molecule has 2 aromatic rings. The van der Waals surface area contributed by atoms with E-state index in [1.807, 2.05) is 6.92 Å². The first-order valence-electron chi connectivity index (χ1n) is 8.67. The average Bonchev–Trinajstić information content (AvgIpc) is 2.90. The van der Waals surface area contributed by atoms with Crippen molar-refractivity contribution in [1.29, 1.82) is 0 Å². The molecule has 1 N–H and O–H groups in total. The van der Waals surface area contributed by atoms with Crippen LogP contribution in [0.25, 0.3) is 0 Å². The van der Waals surface area contributed by atoms with E-state index in [0.717, 1.165) is 11.3 Å². The van der Waals surface area contributed by atoms with Crippen LogP contribution >= 0.6 is 23.2 Å². The minimum atomic E-state index is -0.896. The zero-order valence-electron chi connectivity index (χ0n) is 14.7. The molecule has 0 aliphatic carbocycles. The maximum absolute atomic E-state index is 12.9. The number of carbonyl (C=O) groups excluding carboxylic acids is 3. The Morgan fingerprint density at radius 1 is 1.04 bits per heavy atom. The summed E-state index contributed by atoms with van der Waals surface area (Å²) in [5.74, 6) is -1.32. The highest BCUT2D eigenvalue weighted by Crippen LogP contribution is 2.28. The van der Waals surface area contributed by atoms with Crippen molar-refractivity contribution in [3.63, 3.8) is 0 Å². The maximum Gasteiger partial charge on any atom is 0.262 e. The highest BCUT2D eigenvalue weighted by Gasteiger charge is 2.42. The fraction of sp³-hybridized carbons (Fsp3) is 0.250. The number of anilines is 1. The van der Waals surface area contributed by atoms with E-state index in [1.165, 1.54) is 6.07 Å². The predicted octanol–water partition coefficient (Wildman–Crippen LogP) is 4.79. The van der Waals surface area contributed by atoms with Gasteiger partial charge in [-0.05, 0) is 36.8 Å². The molecule has 3 rings (SSSR count). The summed E-state index contributed by atoms with van der Waals surface area (Å²) in [4.78, 5) is 39.5. The van der Waals surface area contributed by atoms with Crippen LogP contribution in [-0.4, -0.2) is 28.7 Å². The zero-order valence-corrected chi connectivity index (χ0v) is 16.2. The molecule has 0 fully saturated rings. The lowest BCUT2D eigenvalue weighted by Gasteiger charge is -2.25. The van der Waals surface area contributed by atoms with Crippen LogP contribution in [0.4, 0.5) is 5.69 Å². The molecule has 0 spiro atoms. The van der Waals surface area contributed by atoms with Gasteiger partial charge >= 0.3 is 0 Å². The first-order chi connectivity index (χ1) is 12.9. The zero-order chi connectivity index (χ0) is 19.6. The molecule has 7 heteroatoms. The number of hydrogen-bond donors (Lipinski definition) is 1. The summed E-state index contributed by atoms with van der Waals surface area (Å²) in [7, 11) is 0. The Bertz CT molecular complexity index is 879. The molecular weight excluding hydrogens is 387 g/mol. The number of nitrogens with one attached hydrogen (secondary N) is 1. The minimum Gasteiger partial charge on any atom is -0.324 e. The number of amides is 3. The van der Waals surface area contributed by atoms with E-state index in [4.69, 9.17) is 23.2 Å². The van der Waals surface area contributed by atoms with Crippen molar-refractivity contribution in [3.8, 4) is 0 Å². The topological polar surface area (TPSA) is 66.5 Å². The average molecular weight is 405 g/mol. The van der Waals surface area contributed by atoms with E-state index in [2.05, 4.69) is 5.32 Å². The van der Waals surface area contributed by atoms with Gasteiger partial charge in [-0.2, -0.15) is 0 Å². The molecule has 5 nitrogen and oxygen atoms in total. The molecule has 27 heavy (non-hydrogen) atoms.